The summed E-state index contributed by atoms with van der Waals surface area (Å²) in [6.45, 7) is 5.81. The highest BCUT2D eigenvalue weighted by molar-refractivity contribution is 7.89. The molecule has 0 spiro atoms. The number of hydrogen-bond acceptors (Lipinski definition) is 6. The number of H-pyrrole nitrogens is 1. The maximum absolute atomic E-state index is 12.4. The van der Waals surface area contributed by atoms with Crippen molar-refractivity contribution in [2.24, 2.45) is 0 Å². The van der Waals surface area contributed by atoms with Crippen molar-refractivity contribution >= 4 is 16.0 Å². The maximum Gasteiger partial charge on any atom is 0.246 e. The van der Waals surface area contributed by atoms with Crippen molar-refractivity contribution in [3.8, 4) is 0 Å². The quantitative estimate of drug-likeness (QED) is 0.875. The van der Waals surface area contributed by atoms with Crippen LogP contribution in [-0.4, -0.2) is 59.1 Å². The number of nitrogens with zero attached hydrogens (tertiary/aromatic N) is 5. The average molecular weight is 322 g/mol. The molecule has 0 aromatic carbocycles. The molecule has 22 heavy (non-hydrogen) atoms. The predicted molar refractivity (Wildman–Crippen MR) is 81.1 cm³/mol. The third-order valence-corrected chi connectivity index (χ3v) is 5.47. The average Bonchev–Trinajstić information content (AvgIpc) is 3.01. The standard InChI is InChI=1S/C13H18N6O2S/c1-10-7-11(2)17-13(16-10)18-3-5-19(6-4-18)22(20,21)12-8-14-15-9-12/h7-9H,3-6H2,1-2H3,(H,14,15). The lowest BCUT2D eigenvalue weighted by molar-refractivity contribution is 0.382. The van der Waals surface area contributed by atoms with E-state index in [2.05, 4.69) is 20.2 Å². The van der Waals surface area contributed by atoms with Crippen molar-refractivity contribution in [3.05, 3.63) is 29.8 Å². The number of anilines is 1. The fourth-order valence-corrected chi connectivity index (χ4v) is 3.84. The Kier molecular flexibility index (Phi) is 3.83. The summed E-state index contributed by atoms with van der Waals surface area (Å²) in [6, 6.07) is 1.92. The molecule has 0 bridgehead atoms. The summed E-state index contributed by atoms with van der Waals surface area (Å²) in [5, 5.41) is 6.24. The van der Waals surface area contributed by atoms with Gasteiger partial charge in [0.1, 0.15) is 4.90 Å². The molecule has 3 heterocycles. The van der Waals surface area contributed by atoms with E-state index in [0.29, 0.717) is 32.1 Å². The minimum atomic E-state index is -3.47. The number of rotatable bonds is 3. The number of nitrogens with one attached hydrogen (secondary N) is 1. The van der Waals surface area contributed by atoms with Crippen LogP contribution in [-0.2, 0) is 10.0 Å². The highest BCUT2D eigenvalue weighted by atomic mass is 32.2. The summed E-state index contributed by atoms with van der Waals surface area (Å²) in [7, 11) is -3.47. The molecular weight excluding hydrogens is 304 g/mol. The molecule has 0 amide bonds. The third kappa shape index (κ3) is 2.81. The zero-order valence-electron chi connectivity index (χ0n) is 12.5. The third-order valence-electron chi connectivity index (χ3n) is 3.60. The summed E-state index contributed by atoms with van der Waals surface area (Å²) < 4.78 is 26.3. The van der Waals surface area contributed by atoms with E-state index in [-0.39, 0.29) is 4.90 Å². The van der Waals surface area contributed by atoms with Crippen LogP contribution in [0.5, 0.6) is 0 Å². The van der Waals surface area contributed by atoms with Crippen molar-refractivity contribution in [2.45, 2.75) is 18.7 Å². The Bertz CT molecular complexity index is 731. The lowest BCUT2D eigenvalue weighted by Crippen LogP contribution is -2.49. The van der Waals surface area contributed by atoms with Crippen molar-refractivity contribution in [1.82, 2.24) is 24.5 Å². The number of aryl methyl sites for hydroxylation is 2. The minimum absolute atomic E-state index is 0.198. The van der Waals surface area contributed by atoms with Crippen LogP contribution in [0.15, 0.2) is 23.4 Å². The molecular formula is C13H18N6O2S. The zero-order chi connectivity index (χ0) is 15.7. The van der Waals surface area contributed by atoms with Gasteiger partial charge in [-0.15, -0.1) is 0 Å². The van der Waals surface area contributed by atoms with Crippen LogP contribution in [0, 0.1) is 13.8 Å². The van der Waals surface area contributed by atoms with E-state index in [1.54, 1.807) is 0 Å². The monoisotopic (exact) mass is 322 g/mol. The van der Waals surface area contributed by atoms with Crippen LogP contribution >= 0.6 is 0 Å². The van der Waals surface area contributed by atoms with E-state index in [9.17, 15) is 8.42 Å². The van der Waals surface area contributed by atoms with E-state index in [0.717, 1.165) is 11.4 Å². The van der Waals surface area contributed by atoms with Gasteiger partial charge in [-0.3, -0.25) is 5.10 Å². The van der Waals surface area contributed by atoms with Gasteiger partial charge >= 0.3 is 0 Å². The first-order chi connectivity index (χ1) is 10.5. The van der Waals surface area contributed by atoms with Gasteiger partial charge in [0, 0.05) is 43.8 Å². The Morgan fingerprint density at radius 1 is 1.09 bits per heavy atom. The number of sulfonamides is 1. The fraction of sp³-hybridized carbons (Fsp3) is 0.462. The Labute approximate surface area is 129 Å². The van der Waals surface area contributed by atoms with Gasteiger partial charge in [0.25, 0.3) is 0 Å². The van der Waals surface area contributed by atoms with Gasteiger partial charge in [0.2, 0.25) is 16.0 Å². The molecule has 3 rings (SSSR count). The first-order valence-corrected chi connectivity index (χ1v) is 8.47. The Morgan fingerprint density at radius 3 is 2.27 bits per heavy atom. The van der Waals surface area contributed by atoms with Gasteiger partial charge < -0.3 is 4.90 Å². The van der Waals surface area contributed by atoms with Gasteiger partial charge in [0.05, 0.1) is 6.20 Å². The van der Waals surface area contributed by atoms with E-state index in [1.165, 1.54) is 16.7 Å². The molecule has 0 unspecified atom stereocenters. The summed E-state index contributed by atoms with van der Waals surface area (Å²) in [6.07, 6.45) is 2.73. The Hall–Kier alpha value is -2.00. The largest absolute Gasteiger partial charge is 0.338 e. The van der Waals surface area contributed by atoms with E-state index in [4.69, 9.17) is 0 Å². The topological polar surface area (TPSA) is 95.1 Å². The van der Waals surface area contributed by atoms with Gasteiger partial charge in [-0.05, 0) is 19.9 Å². The molecule has 0 radical (unpaired) electrons. The van der Waals surface area contributed by atoms with Crippen molar-refractivity contribution in [1.29, 1.82) is 0 Å². The zero-order valence-corrected chi connectivity index (χ0v) is 13.3. The summed E-state index contributed by atoms with van der Waals surface area (Å²) in [4.78, 5) is 11.1. The summed E-state index contributed by atoms with van der Waals surface area (Å²) in [5.41, 5.74) is 1.83. The lowest BCUT2D eigenvalue weighted by Gasteiger charge is -2.33. The second kappa shape index (κ2) is 5.65. The molecule has 1 aliphatic heterocycles. The molecule has 118 valence electrons. The molecule has 1 N–H and O–H groups in total. The first kappa shape index (κ1) is 14.9. The van der Waals surface area contributed by atoms with Crippen LogP contribution in [0.2, 0.25) is 0 Å². The van der Waals surface area contributed by atoms with Crippen molar-refractivity contribution in [3.63, 3.8) is 0 Å². The molecule has 1 saturated heterocycles. The van der Waals surface area contributed by atoms with Crippen molar-refractivity contribution < 1.29 is 8.42 Å². The minimum Gasteiger partial charge on any atom is -0.338 e. The molecule has 8 nitrogen and oxygen atoms in total. The molecule has 1 fully saturated rings. The number of aromatic nitrogens is 4. The molecule has 2 aromatic heterocycles. The van der Waals surface area contributed by atoms with Gasteiger partial charge in [-0.25, -0.2) is 18.4 Å². The molecule has 0 atom stereocenters. The van der Waals surface area contributed by atoms with Crippen LogP contribution in [0.1, 0.15) is 11.4 Å². The molecule has 0 aliphatic carbocycles. The number of aromatic amines is 1. The van der Waals surface area contributed by atoms with Crippen molar-refractivity contribution in [2.75, 3.05) is 31.1 Å². The maximum atomic E-state index is 12.4. The highest BCUT2D eigenvalue weighted by Crippen LogP contribution is 2.18. The van der Waals surface area contributed by atoms with Gasteiger partial charge in [-0.1, -0.05) is 0 Å². The lowest BCUT2D eigenvalue weighted by atomic mass is 10.3. The first-order valence-electron chi connectivity index (χ1n) is 7.03. The second-order valence-electron chi connectivity index (χ2n) is 5.28. The van der Waals surface area contributed by atoms with E-state index >= 15 is 0 Å². The fourth-order valence-electron chi connectivity index (χ4n) is 2.51. The normalized spacial score (nSPS) is 16.9. The summed E-state index contributed by atoms with van der Waals surface area (Å²) in [5.74, 6) is 0.665. The molecule has 0 saturated carbocycles. The Morgan fingerprint density at radius 2 is 1.73 bits per heavy atom. The van der Waals surface area contributed by atoms with Crippen LogP contribution in [0.4, 0.5) is 5.95 Å². The number of hydrogen-bond donors (Lipinski definition) is 1. The predicted octanol–water partition coefficient (Wildman–Crippen LogP) is 0.327. The van der Waals surface area contributed by atoms with E-state index in [1.807, 2.05) is 24.8 Å². The van der Waals surface area contributed by atoms with Crippen LogP contribution in [0.3, 0.4) is 0 Å². The van der Waals surface area contributed by atoms with Crippen LogP contribution in [0.25, 0.3) is 0 Å². The van der Waals surface area contributed by atoms with Gasteiger partial charge in [-0.2, -0.15) is 9.40 Å². The molecule has 9 heteroatoms. The second-order valence-corrected chi connectivity index (χ2v) is 7.21. The van der Waals surface area contributed by atoms with Gasteiger partial charge in [0.15, 0.2) is 0 Å². The molecule has 1 aliphatic rings. The summed E-state index contributed by atoms with van der Waals surface area (Å²) >= 11 is 0. The van der Waals surface area contributed by atoms with Crippen LogP contribution < -0.4 is 4.90 Å². The van der Waals surface area contributed by atoms with E-state index < -0.39 is 10.0 Å². The molecule has 2 aromatic rings. The Balaban J connectivity index is 1.73. The SMILES string of the molecule is Cc1cc(C)nc(N2CCN(S(=O)(=O)c3cn[nH]c3)CC2)n1. The smallest absolute Gasteiger partial charge is 0.246 e. The number of piperazine rings is 1. The highest BCUT2D eigenvalue weighted by Gasteiger charge is 2.29.